The van der Waals surface area contributed by atoms with Crippen molar-refractivity contribution >= 4 is 33.0 Å². The van der Waals surface area contributed by atoms with Crippen LogP contribution in [0.1, 0.15) is 33.1 Å². The first-order valence-electron chi connectivity index (χ1n) is 9.07. The van der Waals surface area contributed by atoms with Crippen LogP contribution in [0.4, 0.5) is 17.1 Å². The van der Waals surface area contributed by atoms with Crippen LogP contribution in [0.15, 0.2) is 54.6 Å². The van der Waals surface area contributed by atoms with Gasteiger partial charge in [0.05, 0.1) is 5.25 Å². The molecule has 0 aliphatic rings. The molecule has 0 unspecified atom stereocenters. The van der Waals surface area contributed by atoms with Gasteiger partial charge < -0.3 is 10.6 Å². The number of unbranched alkanes of at least 4 members (excludes halogenated alkanes) is 1. The number of nitrogens with one attached hydrogen (secondary N) is 3. The van der Waals surface area contributed by atoms with E-state index in [0.29, 0.717) is 25.8 Å². The lowest BCUT2D eigenvalue weighted by molar-refractivity contribution is -0.116. The Labute approximate surface area is 161 Å². The Kier molecular flexibility index (Phi) is 7.82. The zero-order valence-corrected chi connectivity index (χ0v) is 16.6. The topological polar surface area (TPSA) is 87.3 Å². The number of sulfonamides is 1. The number of hydrogen-bond acceptors (Lipinski definition) is 4. The molecular weight excluding hydrogens is 362 g/mol. The number of carbonyl (C=O) groups is 1. The number of benzene rings is 2. The van der Waals surface area contributed by atoms with Gasteiger partial charge in [-0.1, -0.05) is 18.2 Å². The van der Waals surface area contributed by atoms with Crippen molar-refractivity contribution in [3.8, 4) is 0 Å². The summed E-state index contributed by atoms with van der Waals surface area (Å²) in [6.45, 7) is 3.63. The van der Waals surface area contributed by atoms with Crippen molar-refractivity contribution in [3.05, 3.63) is 54.6 Å². The summed E-state index contributed by atoms with van der Waals surface area (Å²) >= 11 is 0. The summed E-state index contributed by atoms with van der Waals surface area (Å²) < 4.78 is 25.8. The minimum Gasteiger partial charge on any atom is -0.356 e. The predicted octanol–water partition coefficient (Wildman–Crippen LogP) is 3.87. The van der Waals surface area contributed by atoms with E-state index >= 15 is 0 Å². The highest BCUT2D eigenvalue weighted by Crippen LogP contribution is 2.18. The van der Waals surface area contributed by atoms with Crippen LogP contribution in [0.3, 0.4) is 0 Å². The molecule has 0 fully saturated rings. The molecule has 2 rings (SSSR count). The SMILES string of the molecule is CC(C)S(=O)(=O)NCCCCC(=O)Nc1ccc(Nc2ccccc2)cc1. The number of amides is 1. The van der Waals surface area contributed by atoms with Crippen LogP contribution < -0.4 is 15.4 Å². The average molecular weight is 390 g/mol. The number of anilines is 3. The molecule has 27 heavy (non-hydrogen) atoms. The Bertz CT molecular complexity index is 819. The highest BCUT2D eigenvalue weighted by molar-refractivity contribution is 7.90. The van der Waals surface area contributed by atoms with Gasteiger partial charge in [-0.05, 0) is 63.1 Å². The van der Waals surface area contributed by atoms with Crippen molar-refractivity contribution in [2.24, 2.45) is 0 Å². The Morgan fingerprint density at radius 1 is 0.889 bits per heavy atom. The first-order chi connectivity index (χ1) is 12.9. The fraction of sp³-hybridized carbons (Fsp3) is 0.350. The maximum Gasteiger partial charge on any atom is 0.224 e. The molecule has 7 heteroatoms. The molecule has 0 aliphatic carbocycles. The third kappa shape index (κ3) is 7.40. The van der Waals surface area contributed by atoms with Crippen molar-refractivity contribution < 1.29 is 13.2 Å². The second-order valence-corrected chi connectivity index (χ2v) is 8.88. The molecule has 0 aromatic heterocycles. The molecule has 0 aliphatic heterocycles. The first kappa shape index (κ1) is 20.9. The van der Waals surface area contributed by atoms with Crippen LogP contribution >= 0.6 is 0 Å². The number of hydrogen-bond donors (Lipinski definition) is 3. The molecule has 2 aromatic rings. The molecule has 0 heterocycles. The Balaban J connectivity index is 1.70. The van der Waals surface area contributed by atoms with Crippen LogP contribution in [-0.4, -0.2) is 26.1 Å². The summed E-state index contributed by atoms with van der Waals surface area (Å²) in [5, 5.41) is 5.69. The van der Waals surface area contributed by atoms with Gasteiger partial charge in [0, 0.05) is 30.0 Å². The van der Waals surface area contributed by atoms with E-state index in [-0.39, 0.29) is 5.91 Å². The van der Waals surface area contributed by atoms with Gasteiger partial charge in [0.2, 0.25) is 15.9 Å². The highest BCUT2D eigenvalue weighted by atomic mass is 32.2. The van der Waals surface area contributed by atoms with Crippen LogP contribution in [0.5, 0.6) is 0 Å². The molecule has 2 aromatic carbocycles. The van der Waals surface area contributed by atoms with Gasteiger partial charge >= 0.3 is 0 Å². The molecule has 1 amide bonds. The third-order valence-electron chi connectivity index (χ3n) is 3.99. The van der Waals surface area contributed by atoms with Gasteiger partial charge in [0.15, 0.2) is 0 Å². The number of para-hydroxylation sites is 1. The summed E-state index contributed by atoms with van der Waals surface area (Å²) in [4.78, 5) is 12.0. The molecule has 0 radical (unpaired) electrons. The van der Waals surface area contributed by atoms with E-state index in [1.54, 1.807) is 13.8 Å². The van der Waals surface area contributed by atoms with Gasteiger partial charge in [-0.3, -0.25) is 4.79 Å². The minimum absolute atomic E-state index is 0.0783. The van der Waals surface area contributed by atoms with Gasteiger partial charge in [0.25, 0.3) is 0 Å². The predicted molar refractivity (Wildman–Crippen MR) is 111 cm³/mol. The summed E-state index contributed by atoms with van der Waals surface area (Å²) in [6, 6.07) is 17.4. The van der Waals surface area contributed by atoms with Crippen LogP contribution in [0, 0.1) is 0 Å². The monoisotopic (exact) mass is 389 g/mol. The van der Waals surface area contributed by atoms with Gasteiger partial charge in [0.1, 0.15) is 0 Å². The first-order valence-corrected chi connectivity index (χ1v) is 10.6. The van der Waals surface area contributed by atoms with E-state index in [2.05, 4.69) is 15.4 Å². The Morgan fingerprint density at radius 2 is 1.48 bits per heavy atom. The summed E-state index contributed by atoms with van der Waals surface area (Å²) in [5.74, 6) is -0.0783. The minimum atomic E-state index is -3.23. The van der Waals surface area contributed by atoms with Gasteiger partial charge in [-0.25, -0.2) is 13.1 Å². The molecule has 0 spiro atoms. The molecule has 0 saturated carbocycles. The highest BCUT2D eigenvalue weighted by Gasteiger charge is 2.14. The van der Waals surface area contributed by atoms with E-state index in [1.165, 1.54) is 0 Å². The molecule has 0 atom stereocenters. The summed E-state index contributed by atoms with van der Waals surface area (Å²) in [6.07, 6.45) is 1.60. The Hall–Kier alpha value is -2.38. The number of carbonyl (C=O) groups excluding carboxylic acids is 1. The smallest absolute Gasteiger partial charge is 0.224 e. The van der Waals surface area contributed by atoms with E-state index in [4.69, 9.17) is 0 Å². The van der Waals surface area contributed by atoms with E-state index in [0.717, 1.165) is 17.1 Å². The number of rotatable bonds is 10. The molecule has 0 saturated heterocycles. The second-order valence-electron chi connectivity index (χ2n) is 6.56. The zero-order chi connectivity index (χ0) is 19.7. The maximum atomic E-state index is 12.0. The average Bonchev–Trinajstić information content (AvgIpc) is 2.64. The van der Waals surface area contributed by atoms with Crippen LogP contribution in [-0.2, 0) is 14.8 Å². The van der Waals surface area contributed by atoms with Gasteiger partial charge in [-0.2, -0.15) is 0 Å². The lowest BCUT2D eigenvalue weighted by Gasteiger charge is -2.10. The summed E-state index contributed by atoms with van der Waals surface area (Å²) in [7, 11) is -3.23. The fourth-order valence-corrected chi connectivity index (χ4v) is 3.10. The molecule has 3 N–H and O–H groups in total. The van der Waals surface area contributed by atoms with Crippen LogP contribution in [0.2, 0.25) is 0 Å². The molecule has 6 nitrogen and oxygen atoms in total. The quantitative estimate of drug-likeness (QED) is 0.538. The van der Waals surface area contributed by atoms with E-state index < -0.39 is 15.3 Å². The molecule has 0 bridgehead atoms. The lowest BCUT2D eigenvalue weighted by atomic mass is 10.2. The van der Waals surface area contributed by atoms with Crippen molar-refractivity contribution in [1.29, 1.82) is 0 Å². The third-order valence-corrected chi connectivity index (χ3v) is 5.83. The van der Waals surface area contributed by atoms with Crippen LogP contribution in [0.25, 0.3) is 0 Å². The van der Waals surface area contributed by atoms with Crippen molar-refractivity contribution in [2.75, 3.05) is 17.2 Å². The van der Waals surface area contributed by atoms with Gasteiger partial charge in [-0.15, -0.1) is 0 Å². The standard InChI is InChI=1S/C20H27N3O3S/c1-16(2)27(25,26)21-15-7-6-10-20(24)23-19-13-11-18(12-14-19)22-17-8-4-3-5-9-17/h3-5,8-9,11-14,16,21-22H,6-7,10,15H2,1-2H3,(H,23,24). The summed E-state index contributed by atoms with van der Waals surface area (Å²) in [5.41, 5.74) is 2.68. The van der Waals surface area contributed by atoms with E-state index in [9.17, 15) is 13.2 Å². The van der Waals surface area contributed by atoms with Crippen molar-refractivity contribution in [3.63, 3.8) is 0 Å². The lowest BCUT2D eigenvalue weighted by Crippen LogP contribution is -2.31. The zero-order valence-electron chi connectivity index (χ0n) is 15.7. The Morgan fingerprint density at radius 3 is 2.11 bits per heavy atom. The maximum absolute atomic E-state index is 12.0. The van der Waals surface area contributed by atoms with E-state index in [1.807, 2.05) is 54.6 Å². The second kappa shape index (κ2) is 10.1. The molecule has 146 valence electrons. The normalized spacial score (nSPS) is 11.4. The van der Waals surface area contributed by atoms with Crippen molar-refractivity contribution in [2.45, 2.75) is 38.4 Å². The molecular formula is C20H27N3O3S. The largest absolute Gasteiger partial charge is 0.356 e. The van der Waals surface area contributed by atoms with Crippen molar-refractivity contribution in [1.82, 2.24) is 4.72 Å². The fourth-order valence-electron chi connectivity index (χ4n) is 2.34.